The van der Waals surface area contributed by atoms with Gasteiger partial charge in [0, 0.05) is 12.7 Å². The maximum atomic E-state index is 12.2. The number of benzene rings is 2. The van der Waals surface area contributed by atoms with Crippen LogP contribution in [-0.4, -0.2) is 25.1 Å². The van der Waals surface area contributed by atoms with Crippen molar-refractivity contribution in [3.05, 3.63) is 65.2 Å². The molecule has 5 heteroatoms. The first-order valence-electron chi connectivity index (χ1n) is 7.75. The van der Waals surface area contributed by atoms with E-state index >= 15 is 0 Å². The summed E-state index contributed by atoms with van der Waals surface area (Å²) >= 11 is 0. The van der Waals surface area contributed by atoms with Crippen LogP contribution in [0.5, 0.6) is 0 Å². The second-order valence-electron chi connectivity index (χ2n) is 5.52. The van der Waals surface area contributed by atoms with Gasteiger partial charge in [0.05, 0.1) is 17.2 Å². The van der Waals surface area contributed by atoms with Gasteiger partial charge >= 0.3 is 11.9 Å². The second kappa shape index (κ2) is 8.15. The third-order valence-electron chi connectivity index (χ3n) is 3.32. The molecular formula is C19H21NO4. The molecule has 0 saturated carbocycles. The van der Waals surface area contributed by atoms with Gasteiger partial charge in [-0.15, -0.1) is 0 Å². The van der Waals surface area contributed by atoms with Crippen LogP contribution in [0.3, 0.4) is 0 Å². The van der Waals surface area contributed by atoms with Crippen LogP contribution < -0.4 is 5.32 Å². The molecule has 1 N–H and O–H groups in total. The lowest BCUT2D eigenvalue weighted by molar-refractivity contribution is 0.0376. The lowest BCUT2D eigenvalue weighted by Crippen LogP contribution is -2.11. The molecule has 0 unspecified atom stereocenters. The molecule has 0 fully saturated rings. The quantitative estimate of drug-likeness (QED) is 0.821. The Bertz CT molecular complexity index is 708. The molecule has 0 aliphatic carbocycles. The van der Waals surface area contributed by atoms with E-state index in [1.54, 1.807) is 57.3 Å². The smallest absolute Gasteiger partial charge is 0.340 e. The van der Waals surface area contributed by atoms with Gasteiger partial charge in [0.15, 0.2) is 0 Å². The Morgan fingerprint density at radius 1 is 1.00 bits per heavy atom. The van der Waals surface area contributed by atoms with Crippen LogP contribution in [0.1, 0.15) is 40.1 Å². The Morgan fingerprint density at radius 3 is 2.29 bits per heavy atom. The van der Waals surface area contributed by atoms with Gasteiger partial charge in [-0.2, -0.15) is 0 Å². The van der Waals surface area contributed by atoms with E-state index in [4.69, 9.17) is 9.47 Å². The average Bonchev–Trinajstić information content (AvgIpc) is 2.59. The van der Waals surface area contributed by atoms with Gasteiger partial charge in [0.2, 0.25) is 0 Å². The summed E-state index contributed by atoms with van der Waals surface area (Å²) in [6.07, 6.45) is -0.162. The Labute approximate surface area is 141 Å². The van der Waals surface area contributed by atoms with Crippen molar-refractivity contribution < 1.29 is 19.1 Å². The van der Waals surface area contributed by atoms with Crippen LogP contribution in [0.25, 0.3) is 0 Å². The number of hydrogen-bond acceptors (Lipinski definition) is 5. The zero-order chi connectivity index (χ0) is 17.5. The normalized spacial score (nSPS) is 10.3. The summed E-state index contributed by atoms with van der Waals surface area (Å²) in [6.45, 7) is 3.74. The molecule has 0 aliphatic rings. The predicted molar refractivity (Wildman–Crippen MR) is 92.1 cm³/mol. The van der Waals surface area contributed by atoms with E-state index in [1.165, 1.54) is 0 Å². The highest BCUT2D eigenvalue weighted by atomic mass is 16.5. The number of hydrogen-bond donors (Lipinski definition) is 1. The van der Waals surface area contributed by atoms with Crippen molar-refractivity contribution in [1.29, 1.82) is 0 Å². The summed E-state index contributed by atoms with van der Waals surface area (Å²) in [5.41, 5.74) is 2.47. The molecule has 24 heavy (non-hydrogen) atoms. The van der Waals surface area contributed by atoms with Crippen LogP contribution in [0.4, 0.5) is 5.69 Å². The number of rotatable bonds is 6. The molecule has 0 saturated heterocycles. The SMILES string of the molecule is CNc1ccccc1C(=O)OCc1ccc(C(=O)OC(C)C)cc1. The van der Waals surface area contributed by atoms with Gasteiger partial charge in [-0.05, 0) is 43.7 Å². The maximum Gasteiger partial charge on any atom is 0.340 e. The first-order chi connectivity index (χ1) is 11.5. The molecule has 0 amide bonds. The number of anilines is 1. The predicted octanol–water partition coefficient (Wildman–Crippen LogP) is 3.65. The number of nitrogens with one attached hydrogen (secondary N) is 1. The van der Waals surface area contributed by atoms with Crippen molar-refractivity contribution in [2.45, 2.75) is 26.6 Å². The van der Waals surface area contributed by atoms with Crippen molar-refractivity contribution in [2.75, 3.05) is 12.4 Å². The fraction of sp³-hybridized carbons (Fsp3) is 0.263. The van der Waals surface area contributed by atoms with Crippen molar-refractivity contribution in [2.24, 2.45) is 0 Å². The highest BCUT2D eigenvalue weighted by Gasteiger charge is 2.12. The Kier molecular flexibility index (Phi) is 5.95. The highest BCUT2D eigenvalue weighted by Crippen LogP contribution is 2.16. The molecule has 2 aromatic carbocycles. The van der Waals surface area contributed by atoms with E-state index in [-0.39, 0.29) is 18.7 Å². The van der Waals surface area contributed by atoms with E-state index in [2.05, 4.69) is 5.32 Å². The van der Waals surface area contributed by atoms with E-state index in [1.807, 2.05) is 12.1 Å². The summed E-state index contributed by atoms with van der Waals surface area (Å²) < 4.78 is 10.5. The Balaban J connectivity index is 1.97. The van der Waals surface area contributed by atoms with Crippen molar-refractivity contribution in [1.82, 2.24) is 0 Å². The lowest BCUT2D eigenvalue weighted by Gasteiger charge is -2.10. The Hall–Kier alpha value is -2.82. The molecule has 0 spiro atoms. The standard InChI is InChI=1S/C19H21NO4/c1-13(2)24-18(21)15-10-8-14(9-11-15)12-23-19(22)16-6-4-5-7-17(16)20-3/h4-11,13,20H,12H2,1-3H3. The molecular weight excluding hydrogens is 306 g/mol. The minimum absolute atomic E-state index is 0.135. The largest absolute Gasteiger partial charge is 0.459 e. The van der Waals surface area contributed by atoms with Gasteiger partial charge in [-0.1, -0.05) is 24.3 Å². The summed E-state index contributed by atoms with van der Waals surface area (Å²) in [5, 5.41) is 2.96. The third-order valence-corrected chi connectivity index (χ3v) is 3.32. The van der Waals surface area contributed by atoms with Crippen LogP contribution in [-0.2, 0) is 16.1 Å². The molecule has 0 bridgehead atoms. The van der Waals surface area contributed by atoms with Crippen molar-refractivity contribution in [3.8, 4) is 0 Å². The summed E-state index contributed by atoms with van der Waals surface area (Å²) in [6, 6.07) is 14.0. The second-order valence-corrected chi connectivity index (χ2v) is 5.52. The summed E-state index contributed by atoms with van der Waals surface area (Å²) in [4.78, 5) is 23.9. The topological polar surface area (TPSA) is 64.6 Å². The van der Waals surface area contributed by atoms with Gasteiger partial charge in [-0.3, -0.25) is 0 Å². The van der Waals surface area contributed by atoms with Crippen molar-refractivity contribution >= 4 is 17.6 Å². The summed E-state index contributed by atoms with van der Waals surface area (Å²) in [7, 11) is 1.75. The molecule has 126 valence electrons. The Morgan fingerprint density at radius 2 is 1.67 bits per heavy atom. The molecule has 0 aliphatic heterocycles. The van der Waals surface area contributed by atoms with E-state index < -0.39 is 5.97 Å². The lowest BCUT2D eigenvalue weighted by atomic mass is 10.1. The third kappa shape index (κ3) is 4.59. The number of ether oxygens (including phenoxy) is 2. The van der Waals surface area contributed by atoms with Gasteiger partial charge in [-0.25, -0.2) is 9.59 Å². The van der Waals surface area contributed by atoms with Gasteiger partial charge in [0.25, 0.3) is 0 Å². The number of carbonyl (C=O) groups excluding carboxylic acids is 2. The fourth-order valence-electron chi connectivity index (χ4n) is 2.12. The molecule has 0 atom stereocenters. The number of carbonyl (C=O) groups is 2. The molecule has 2 rings (SSSR count). The molecule has 0 aromatic heterocycles. The molecule has 0 radical (unpaired) electrons. The van der Waals surface area contributed by atoms with E-state index in [0.717, 1.165) is 5.56 Å². The molecule has 0 heterocycles. The fourth-order valence-corrected chi connectivity index (χ4v) is 2.12. The summed E-state index contributed by atoms with van der Waals surface area (Å²) in [5.74, 6) is -0.764. The average molecular weight is 327 g/mol. The zero-order valence-electron chi connectivity index (χ0n) is 14.0. The van der Waals surface area contributed by atoms with E-state index in [9.17, 15) is 9.59 Å². The molecule has 2 aromatic rings. The first-order valence-corrected chi connectivity index (χ1v) is 7.75. The molecule has 5 nitrogen and oxygen atoms in total. The zero-order valence-corrected chi connectivity index (χ0v) is 14.0. The number of para-hydroxylation sites is 1. The van der Waals surface area contributed by atoms with E-state index in [0.29, 0.717) is 16.8 Å². The van der Waals surface area contributed by atoms with Crippen LogP contribution in [0, 0.1) is 0 Å². The van der Waals surface area contributed by atoms with Crippen LogP contribution in [0.2, 0.25) is 0 Å². The van der Waals surface area contributed by atoms with Crippen LogP contribution >= 0.6 is 0 Å². The first kappa shape index (κ1) is 17.5. The maximum absolute atomic E-state index is 12.2. The minimum Gasteiger partial charge on any atom is -0.459 e. The van der Waals surface area contributed by atoms with Gasteiger partial charge in [0.1, 0.15) is 6.61 Å². The van der Waals surface area contributed by atoms with Gasteiger partial charge < -0.3 is 14.8 Å². The van der Waals surface area contributed by atoms with Crippen LogP contribution in [0.15, 0.2) is 48.5 Å². The highest BCUT2D eigenvalue weighted by molar-refractivity contribution is 5.95. The number of esters is 2. The monoisotopic (exact) mass is 327 g/mol. The van der Waals surface area contributed by atoms with Crippen molar-refractivity contribution in [3.63, 3.8) is 0 Å². The minimum atomic E-state index is -0.400.